The molecule has 0 bridgehead atoms. The van der Waals surface area contributed by atoms with E-state index in [4.69, 9.17) is 5.11 Å². The second kappa shape index (κ2) is 7.03. The molecule has 10 heteroatoms. The minimum Gasteiger partial charge on any atom is -0.478 e. The van der Waals surface area contributed by atoms with Gasteiger partial charge in [0.25, 0.3) is 0 Å². The molecule has 0 fully saturated rings. The fourth-order valence-electron chi connectivity index (χ4n) is 1.31. The third kappa shape index (κ3) is 4.93. The Hall–Kier alpha value is -2.91. The van der Waals surface area contributed by atoms with Gasteiger partial charge in [-0.25, -0.2) is 23.2 Å². The van der Waals surface area contributed by atoms with Crippen LogP contribution in [0.15, 0.2) is 12.1 Å². The number of rotatable bonds is 5. The largest absolute Gasteiger partial charge is 0.478 e. The number of hydrogen-bond donors (Lipinski definition) is 4. The van der Waals surface area contributed by atoms with Crippen molar-refractivity contribution in [2.45, 2.75) is 0 Å². The Labute approximate surface area is 116 Å². The van der Waals surface area contributed by atoms with Crippen LogP contribution in [0.3, 0.4) is 0 Å². The van der Waals surface area contributed by atoms with Crippen molar-refractivity contribution < 1.29 is 33.0 Å². The van der Waals surface area contributed by atoms with Crippen LogP contribution in [-0.4, -0.2) is 36.4 Å². The van der Waals surface area contributed by atoms with Gasteiger partial charge < -0.3 is 26.2 Å². The molecular weight excluding hydrogens is 292 g/mol. The molecule has 0 aromatic heterocycles. The van der Waals surface area contributed by atoms with Crippen LogP contribution < -0.4 is 16.4 Å². The zero-order valence-electron chi connectivity index (χ0n) is 10.5. The molecule has 0 heterocycles. The molecular formula is C11H11F2N3O5. The van der Waals surface area contributed by atoms with E-state index in [1.54, 1.807) is 0 Å². The Balaban J connectivity index is 2.69. The second-order valence-corrected chi connectivity index (χ2v) is 3.67. The Bertz CT molecular complexity index is 579. The first-order valence-corrected chi connectivity index (χ1v) is 5.50. The molecule has 1 aromatic rings. The van der Waals surface area contributed by atoms with Gasteiger partial charge in [0.05, 0.1) is 17.8 Å². The van der Waals surface area contributed by atoms with Gasteiger partial charge in [0, 0.05) is 6.07 Å². The van der Waals surface area contributed by atoms with E-state index in [-0.39, 0.29) is 13.2 Å². The van der Waals surface area contributed by atoms with Crippen molar-refractivity contribution in [3.63, 3.8) is 0 Å². The van der Waals surface area contributed by atoms with E-state index in [2.05, 4.69) is 15.8 Å². The Morgan fingerprint density at radius 2 is 1.86 bits per heavy atom. The number of urea groups is 1. The summed E-state index contributed by atoms with van der Waals surface area (Å²) in [7, 11) is 0. The van der Waals surface area contributed by atoms with Gasteiger partial charge in [0.2, 0.25) is 0 Å². The molecule has 0 aliphatic carbocycles. The molecule has 0 saturated carbocycles. The molecule has 1 aromatic carbocycles. The quantitative estimate of drug-likeness (QED) is 0.600. The molecule has 3 amide bonds. The van der Waals surface area contributed by atoms with E-state index >= 15 is 0 Å². The van der Waals surface area contributed by atoms with E-state index in [1.165, 1.54) is 0 Å². The number of anilines is 1. The Morgan fingerprint density at radius 1 is 1.24 bits per heavy atom. The lowest BCUT2D eigenvalue weighted by molar-refractivity contribution is 0.0697. The lowest BCUT2D eigenvalue weighted by atomic mass is 10.1. The van der Waals surface area contributed by atoms with Gasteiger partial charge in [-0.3, -0.25) is 0 Å². The molecule has 0 unspecified atom stereocenters. The Morgan fingerprint density at radius 3 is 2.43 bits per heavy atom. The number of benzene rings is 1. The van der Waals surface area contributed by atoms with Gasteiger partial charge in [-0.1, -0.05) is 0 Å². The van der Waals surface area contributed by atoms with Crippen molar-refractivity contribution in [2.75, 3.05) is 18.5 Å². The smallest absolute Gasteiger partial charge is 0.404 e. The SMILES string of the molecule is NC(=O)OCCNC(=O)Nc1cc(F)c(F)cc1C(=O)O. The second-order valence-electron chi connectivity index (χ2n) is 3.67. The summed E-state index contributed by atoms with van der Waals surface area (Å²) in [5.41, 5.74) is 3.65. The molecule has 0 aliphatic rings. The van der Waals surface area contributed by atoms with Gasteiger partial charge in [0.1, 0.15) is 6.61 Å². The highest BCUT2D eigenvalue weighted by atomic mass is 19.2. The molecule has 21 heavy (non-hydrogen) atoms. The van der Waals surface area contributed by atoms with Crippen LogP contribution in [0.25, 0.3) is 0 Å². The van der Waals surface area contributed by atoms with Crippen molar-refractivity contribution in [2.24, 2.45) is 5.73 Å². The van der Waals surface area contributed by atoms with Crippen LogP contribution in [0.2, 0.25) is 0 Å². The van der Waals surface area contributed by atoms with E-state index < -0.39 is 41.0 Å². The number of halogens is 2. The Kier molecular flexibility index (Phi) is 5.40. The van der Waals surface area contributed by atoms with E-state index in [1.807, 2.05) is 5.32 Å². The maximum Gasteiger partial charge on any atom is 0.404 e. The van der Waals surface area contributed by atoms with Crippen LogP contribution in [0.4, 0.5) is 24.1 Å². The topological polar surface area (TPSA) is 131 Å². The number of nitrogens with two attached hydrogens (primary N) is 1. The number of ether oxygens (including phenoxy) is 1. The average Bonchev–Trinajstić information content (AvgIpc) is 2.38. The van der Waals surface area contributed by atoms with Gasteiger partial charge in [-0.2, -0.15) is 0 Å². The van der Waals surface area contributed by atoms with Crippen molar-refractivity contribution in [1.82, 2.24) is 5.32 Å². The molecule has 1 rings (SSSR count). The summed E-state index contributed by atoms with van der Waals surface area (Å²) in [6, 6.07) is 0.0958. The number of carbonyl (C=O) groups excluding carboxylic acids is 2. The minimum atomic E-state index is -1.54. The number of primary amides is 1. The number of carboxylic acid groups (broad SMARTS) is 1. The third-order valence-corrected chi connectivity index (χ3v) is 2.17. The van der Waals surface area contributed by atoms with Crippen molar-refractivity contribution in [3.05, 3.63) is 29.3 Å². The summed E-state index contributed by atoms with van der Waals surface area (Å²) in [6.45, 7) is -0.312. The monoisotopic (exact) mass is 303 g/mol. The summed E-state index contributed by atoms with van der Waals surface area (Å²) >= 11 is 0. The molecule has 0 radical (unpaired) electrons. The fraction of sp³-hybridized carbons (Fsp3) is 0.182. The zero-order valence-corrected chi connectivity index (χ0v) is 10.5. The normalized spacial score (nSPS) is 9.81. The van der Waals surface area contributed by atoms with E-state index in [0.717, 1.165) is 0 Å². The van der Waals surface area contributed by atoms with Crippen LogP contribution in [0, 0.1) is 11.6 Å². The van der Waals surface area contributed by atoms with Gasteiger partial charge in [-0.15, -0.1) is 0 Å². The number of aromatic carboxylic acids is 1. The number of amides is 3. The lowest BCUT2D eigenvalue weighted by Gasteiger charge is -2.10. The van der Waals surface area contributed by atoms with Crippen LogP contribution in [0.1, 0.15) is 10.4 Å². The summed E-state index contributed by atoms with van der Waals surface area (Å²) < 4.78 is 30.3. The molecule has 0 atom stereocenters. The first kappa shape index (κ1) is 16.1. The van der Waals surface area contributed by atoms with Crippen LogP contribution in [0.5, 0.6) is 0 Å². The number of nitrogens with one attached hydrogen (secondary N) is 2. The van der Waals surface area contributed by atoms with Crippen LogP contribution in [-0.2, 0) is 4.74 Å². The molecule has 0 spiro atoms. The summed E-state index contributed by atoms with van der Waals surface area (Å²) in [4.78, 5) is 32.5. The van der Waals surface area contributed by atoms with Crippen molar-refractivity contribution in [1.29, 1.82) is 0 Å². The summed E-state index contributed by atoms with van der Waals surface area (Å²) in [5.74, 6) is -4.21. The molecule has 8 nitrogen and oxygen atoms in total. The van der Waals surface area contributed by atoms with E-state index in [9.17, 15) is 23.2 Å². The fourth-order valence-corrected chi connectivity index (χ4v) is 1.31. The predicted molar refractivity (Wildman–Crippen MR) is 65.9 cm³/mol. The minimum absolute atomic E-state index is 0.110. The van der Waals surface area contributed by atoms with Gasteiger partial charge in [-0.05, 0) is 6.07 Å². The highest BCUT2D eigenvalue weighted by Crippen LogP contribution is 2.20. The predicted octanol–water partition coefficient (Wildman–Crippen LogP) is 0.880. The summed E-state index contributed by atoms with van der Waals surface area (Å²) in [5, 5.41) is 13.1. The molecule has 0 aliphatic heterocycles. The third-order valence-electron chi connectivity index (χ3n) is 2.17. The zero-order chi connectivity index (χ0) is 16.0. The average molecular weight is 303 g/mol. The number of carbonyl (C=O) groups is 3. The van der Waals surface area contributed by atoms with Crippen molar-refractivity contribution >= 4 is 23.8 Å². The summed E-state index contributed by atoms with van der Waals surface area (Å²) in [6.07, 6.45) is -1.02. The number of carboxylic acids is 1. The molecule has 0 saturated heterocycles. The molecule has 114 valence electrons. The first-order chi connectivity index (χ1) is 9.81. The highest BCUT2D eigenvalue weighted by Gasteiger charge is 2.16. The standard InChI is InChI=1S/C11H11F2N3O5/c12-6-3-5(9(17)18)8(4-7(6)13)16-11(20)15-1-2-21-10(14)19/h3-4H,1-2H2,(H2,14,19)(H,17,18)(H2,15,16,20). The van der Waals surface area contributed by atoms with Gasteiger partial charge in [0.15, 0.2) is 11.6 Å². The van der Waals surface area contributed by atoms with Gasteiger partial charge >= 0.3 is 18.1 Å². The maximum atomic E-state index is 13.1. The molecule has 5 N–H and O–H groups in total. The number of hydrogen-bond acceptors (Lipinski definition) is 4. The highest BCUT2D eigenvalue weighted by molar-refractivity contribution is 6.00. The maximum absolute atomic E-state index is 13.1. The van der Waals surface area contributed by atoms with Crippen LogP contribution >= 0.6 is 0 Å². The van der Waals surface area contributed by atoms with E-state index in [0.29, 0.717) is 12.1 Å². The lowest BCUT2D eigenvalue weighted by Crippen LogP contribution is -2.33. The van der Waals surface area contributed by atoms with Crippen molar-refractivity contribution in [3.8, 4) is 0 Å². The first-order valence-electron chi connectivity index (χ1n) is 5.50.